The summed E-state index contributed by atoms with van der Waals surface area (Å²) in [5.41, 5.74) is 3.50. The molecule has 0 fully saturated rings. The van der Waals surface area contributed by atoms with Crippen LogP contribution in [0.25, 0.3) is 0 Å². The average Bonchev–Trinajstić information content (AvgIpc) is 2.84. The number of fused-ring (bicyclic) bond motifs is 1. The van der Waals surface area contributed by atoms with Crippen molar-refractivity contribution >= 4 is 11.3 Å². The van der Waals surface area contributed by atoms with Crippen LogP contribution in [0.3, 0.4) is 0 Å². The Morgan fingerprint density at radius 2 is 2.28 bits per heavy atom. The predicted octanol–water partition coefficient (Wildman–Crippen LogP) is 2.37. The Morgan fingerprint density at radius 3 is 3.06 bits per heavy atom. The molecule has 2 atom stereocenters. The van der Waals surface area contributed by atoms with E-state index in [-0.39, 0.29) is 6.04 Å². The third-order valence-corrected chi connectivity index (χ3v) is 4.39. The minimum absolute atomic E-state index is 0.0412. The molecule has 2 N–H and O–H groups in total. The van der Waals surface area contributed by atoms with Gasteiger partial charge in [-0.15, -0.1) is 11.3 Å². The molecule has 2 heterocycles. The minimum Gasteiger partial charge on any atom is -0.384 e. The van der Waals surface area contributed by atoms with Gasteiger partial charge < -0.3 is 10.4 Å². The molecule has 0 bridgehead atoms. The number of nitrogens with zero attached hydrogens (tertiary/aromatic N) is 1. The minimum atomic E-state index is -0.565. The molecule has 4 heteroatoms. The van der Waals surface area contributed by atoms with Gasteiger partial charge in [-0.2, -0.15) is 0 Å². The first-order valence-corrected chi connectivity index (χ1v) is 7.05. The zero-order chi connectivity index (χ0) is 12.5. The van der Waals surface area contributed by atoms with Gasteiger partial charge in [-0.05, 0) is 31.0 Å². The van der Waals surface area contributed by atoms with Gasteiger partial charge in [0.1, 0.15) is 11.1 Å². The van der Waals surface area contributed by atoms with Crippen LogP contribution in [0.2, 0.25) is 0 Å². The second-order valence-corrected chi connectivity index (χ2v) is 5.54. The zero-order valence-electron chi connectivity index (χ0n) is 10.3. The van der Waals surface area contributed by atoms with Crippen LogP contribution in [0, 0.1) is 6.92 Å². The van der Waals surface area contributed by atoms with Gasteiger partial charge in [0, 0.05) is 11.1 Å². The highest BCUT2D eigenvalue weighted by atomic mass is 32.1. The molecule has 0 saturated heterocycles. The van der Waals surface area contributed by atoms with Crippen molar-refractivity contribution in [3.8, 4) is 0 Å². The van der Waals surface area contributed by atoms with Gasteiger partial charge in [0.15, 0.2) is 0 Å². The molecular weight excluding hydrogens is 244 g/mol. The van der Waals surface area contributed by atoms with Crippen LogP contribution in [-0.2, 0) is 6.42 Å². The van der Waals surface area contributed by atoms with Gasteiger partial charge in [-0.25, -0.2) is 4.98 Å². The summed E-state index contributed by atoms with van der Waals surface area (Å²) in [6, 6.07) is 8.28. The molecule has 1 aromatic carbocycles. The van der Waals surface area contributed by atoms with E-state index in [2.05, 4.69) is 28.5 Å². The molecule has 0 radical (unpaired) electrons. The molecule has 94 valence electrons. The lowest BCUT2D eigenvalue weighted by Crippen LogP contribution is -2.33. The summed E-state index contributed by atoms with van der Waals surface area (Å²) in [6.07, 6.45) is 0.459. The average molecular weight is 260 g/mol. The summed E-state index contributed by atoms with van der Waals surface area (Å²) in [5.74, 6) is 0. The summed E-state index contributed by atoms with van der Waals surface area (Å²) in [6.45, 7) is 2.86. The van der Waals surface area contributed by atoms with Crippen molar-refractivity contribution < 1.29 is 5.11 Å². The number of nitrogens with one attached hydrogen (secondary N) is 1. The first kappa shape index (κ1) is 11.8. The van der Waals surface area contributed by atoms with Crippen molar-refractivity contribution in [2.45, 2.75) is 25.5 Å². The second kappa shape index (κ2) is 4.80. The molecule has 2 aromatic rings. The highest BCUT2D eigenvalue weighted by molar-refractivity contribution is 7.09. The molecule has 0 saturated carbocycles. The van der Waals surface area contributed by atoms with E-state index in [1.54, 1.807) is 0 Å². The largest absolute Gasteiger partial charge is 0.384 e. The van der Waals surface area contributed by atoms with Gasteiger partial charge in [-0.3, -0.25) is 0 Å². The Hall–Kier alpha value is -1.23. The van der Waals surface area contributed by atoms with Crippen LogP contribution in [-0.4, -0.2) is 16.6 Å². The molecule has 0 spiro atoms. The summed E-state index contributed by atoms with van der Waals surface area (Å²) in [7, 11) is 0. The van der Waals surface area contributed by atoms with Crippen molar-refractivity contribution in [2.75, 3.05) is 6.54 Å². The third-order valence-electron chi connectivity index (χ3n) is 3.35. The number of hydrogen-bond donors (Lipinski definition) is 2. The highest BCUT2D eigenvalue weighted by Crippen LogP contribution is 2.34. The maximum absolute atomic E-state index is 10.5. The first-order valence-electron chi connectivity index (χ1n) is 6.17. The summed E-state index contributed by atoms with van der Waals surface area (Å²) in [4.78, 5) is 4.39. The molecule has 2 unspecified atom stereocenters. The van der Waals surface area contributed by atoms with Gasteiger partial charge >= 0.3 is 0 Å². The highest BCUT2D eigenvalue weighted by Gasteiger charge is 2.28. The number of aliphatic hydroxyl groups is 1. The maximum atomic E-state index is 10.5. The fraction of sp³-hybridized carbons (Fsp3) is 0.357. The topological polar surface area (TPSA) is 45.1 Å². The molecule has 1 aromatic heterocycles. The van der Waals surface area contributed by atoms with E-state index in [0.717, 1.165) is 23.7 Å². The zero-order valence-corrected chi connectivity index (χ0v) is 11.1. The molecule has 18 heavy (non-hydrogen) atoms. The van der Waals surface area contributed by atoms with Crippen LogP contribution in [0.15, 0.2) is 29.6 Å². The number of aryl methyl sites for hydroxylation is 1. The van der Waals surface area contributed by atoms with Crippen molar-refractivity contribution in [3.63, 3.8) is 0 Å². The Bertz CT molecular complexity index is 552. The van der Waals surface area contributed by atoms with Gasteiger partial charge in [0.2, 0.25) is 0 Å². The van der Waals surface area contributed by atoms with E-state index in [1.807, 2.05) is 18.4 Å². The molecule has 0 amide bonds. The number of rotatable bonds is 2. The van der Waals surface area contributed by atoms with Crippen molar-refractivity contribution in [3.05, 3.63) is 51.5 Å². The van der Waals surface area contributed by atoms with Crippen LogP contribution < -0.4 is 5.32 Å². The Kier molecular flexibility index (Phi) is 3.16. The summed E-state index contributed by atoms with van der Waals surface area (Å²) in [5, 5.41) is 16.7. The number of aromatic nitrogens is 1. The van der Waals surface area contributed by atoms with Crippen LogP contribution >= 0.6 is 11.3 Å². The fourth-order valence-corrected chi connectivity index (χ4v) is 3.29. The monoisotopic (exact) mass is 260 g/mol. The smallest absolute Gasteiger partial charge is 0.125 e. The second-order valence-electron chi connectivity index (χ2n) is 4.65. The Labute approximate surface area is 111 Å². The van der Waals surface area contributed by atoms with Gasteiger partial charge in [0.25, 0.3) is 0 Å². The molecule has 1 aliphatic heterocycles. The van der Waals surface area contributed by atoms with Crippen LogP contribution in [0.1, 0.15) is 34.0 Å². The maximum Gasteiger partial charge on any atom is 0.125 e. The Morgan fingerprint density at radius 1 is 1.44 bits per heavy atom. The van der Waals surface area contributed by atoms with E-state index < -0.39 is 6.10 Å². The number of benzene rings is 1. The lowest BCUT2D eigenvalue weighted by molar-refractivity contribution is 0.125. The third kappa shape index (κ3) is 2.07. The molecule has 0 aliphatic carbocycles. The van der Waals surface area contributed by atoms with Gasteiger partial charge in [0.05, 0.1) is 6.04 Å². The molecule has 3 nitrogen and oxygen atoms in total. The van der Waals surface area contributed by atoms with Crippen LogP contribution in [0.5, 0.6) is 0 Å². The first-order chi connectivity index (χ1) is 8.75. The van der Waals surface area contributed by atoms with E-state index in [1.165, 1.54) is 22.5 Å². The molecular formula is C14H16N2OS. The number of aliphatic hydroxyl groups excluding tert-OH is 1. The Balaban J connectivity index is 1.94. The van der Waals surface area contributed by atoms with Crippen LogP contribution in [0.4, 0.5) is 0 Å². The number of hydrogen-bond acceptors (Lipinski definition) is 4. The lowest BCUT2D eigenvalue weighted by Gasteiger charge is -2.29. The van der Waals surface area contributed by atoms with Crippen molar-refractivity contribution in [1.82, 2.24) is 10.3 Å². The van der Waals surface area contributed by atoms with E-state index in [0.29, 0.717) is 0 Å². The summed E-state index contributed by atoms with van der Waals surface area (Å²) < 4.78 is 0. The molecule has 3 rings (SSSR count). The van der Waals surface area contributed by atoms with Crippen molar-refractivity contribution in [1.29, 1.82) is 0 Å². The fourth-order valence-electron chi connectivity index (χ4n) is 2.47. The number of thiazole rings is 1. The normalized spacial score (nSPS) is 20.4. The molecule has 1 aliphatic rings. The van der Waals surface area contributed by atoms with Gasteiger partial charge in [-0.1, -0.05) is 24.3 Å². The van der Waals surface area contributed by atoms with E-state index >= 15 is 0 Å². The lowest BCUT2D eigenvalue weighted by atomic mass is 9.91. The van der Waals surface area contributed by atoms with Crippen molar-refractivity contribution in [2.24, 2.45) is 0 Å². The summed E-state index contributed by atoms with van der Waals surface area (Å²) >= 11 is 1.52. The predicted molar refractivity (Wildman–Crippen MR) is 72.7 cm³/mol. The van der Waals surface area contributed by atoms with E-state index in [4.69, 9.17) is 0 Å². The quantitative estimate of drug-likeness (QED) is 0.871. The van der Waals surface area contributed by atoms with E-state index in [9.17, 15) is 5.11 Å². The standard InChI is InChI=1S/C14H16N2OS/c1-9-8-18-14(16-9)13(17)12-11-5-3-2-4-10(11)6-7-15-12/h2-5,8,12-13,15,17H,6-7H2,1H3. The SMILES string of the molecule is Cc1csc(C(O)C2NCCc3ccccc32)n1.